The Morgan fingerprint density at radius 3 is 2.69 bits per heavy atom. The first-order chi connectivity index (χ1) is 7.79. The Balaban J connectivity index is 2.11. The third-order valence-electron chi connectivity index (χ3n) is 2.74. The van der Waals surface area contributed by atoms with Crippen LogP contribution < -0.4 is 5.43 Å². The predicted molar refractivity (Wildman–Crippen MR) is 67.9 cm³/mol. The number of hydrogen-bond donors (Lipinski definition) is 1. The number of hydrazine groups is 1. The smallest absolute Gasteiger partial charge is 0.101 e. The lowest BCUT2D eigenvalue weighted by atomic mass is 10.1. The minimum absolute atomic E-state index is 0.681. The van der Waals surface area contributed by atoms with Gasteiger partial charge in [-0.25, -0.2) is 5.01 Å². The summed E-state index contributed by atoms with van der Waals surface area (Å²) in [5.41, 5.74) is 4.89. The minimum atomic E-state index is 0.681. The van der Waals surface area contributed by atoms with Crippen molar-refractivity contribution in [2.24, 2.45) is 0 Å². The Morgan fingerprint density at radius 2 is 2.00 bits per heavy atom. The molecule has 0 radical (unpaired) electrons. The van der Waals surface area contributed by atoms with Gasteiger partial charge in [-0.15, -0.1) is 0 Å². The van der Waals surface area contributed by atoms with Gasteiger partial charge < -0.3 is 5.43 Å². The minimum Gasteiger partial charge on any atom is -0.318 e. The van der Waals surface area contributed by atoms with E-state index in [1.807, 2.05) is 18.2 Å². The molecule has 0 aliphatic carbocycles. The van der Waals surface area contributed by atoms with Crippen LogP contribution in [0.15, 0.2) is 22.7 Å². The zero-order valence-corrected chi connectivity index (χ0v) is 10.6. The molecule has 16 heavy (non-hydrogen) atoms. The number of nitrogens with one attached hydrogen (secondary N) is 1. The van der Waals surface area contributed by atoms with E-state index in [0.717, 1.165) is 23.2 Å². The van der Waals surface area contributed by atoms with Gasteiger partial charge in [-0.05, 0) is 31.0 Å². The van der Waals surface area contributed by atoms with Crippen molar-refractivity contribution in [1.82, 2.24) is 5.01 Å². The van der Waals surface area contributed by atoms with Crippen LogP contribution in [0.25, 0.3) is 0 Å². The van der Waals surface area contributed by atoms with Crippen molar-refractivity contribution in [3.8, 4) is 6.07 Å². The summed E-state index contributed by atoms with van der Waals surface area (Å²) in [6.07, 6.45) is 3.76. The van der Waals surface area contributed by atoms with Crippen LogP contribution in [0.1, 0.15) is 24.8 Å². The van der Waals surface area contributed by atoms with Gasteiger partial charge in [-0.1, -0.05) is 22.4 Å². The number of nitriles is 1. The van der Waals surface area contributed by atoms with Crippen LogP contribution in [-0.4, -0.2) is 18.1 Å². The van der Waals surface area contributed by atoms with Crippen LogP contribution in [-0.2, 0) is 0 Å². The molecular weight excluding hydrogens is 266 g/mol. The predicted octanol–water partition coefficient (Wildman–Crippen LogP) is 3.13. The van der Waals surface area contributed by atoms with E-state index in [2.05, 4.69) is 32.4 Å². The Bertz CT molecular complexity index is 405. The van der Waals surface area contributed by atoms with E-state index in [1.54, 1.807) is 0 Å². The molecule has 1 saturated heterocycles. The van der Waals surface area contributed by atoms with Crippen molar-refractivity contribution in [3.05, 3.63) is 28.2 Å². The summed E-state index contributed by atoms with van der Waals surface area (Å²) in [5.74, 6) is 0. The van der Waals surface area contributed by atoms with E-state index in [-0.39, 0.29) is 0 Å². The summed E-state index contributed by atoms with van der Waals surface area (Å²) in [7, 11) is 0. The SMILES string of the molecule is N#Cc1cc(Br)ccc1NN1CCCCC1. The summed E-state index contributed by atoms with van der Waals surface area (Å²) in [5, 5.41) is 11.2. The molecule has 3 nitrogen and oxygen atoms in total. The highest BCUT2D eigenvalue weighted by Gasteiger charge is 2.11. The van der Waals surface area contributed by atoms with E-state index in [4.69, 9.17) is 5.26 Å². The fourth-order valence-corrected chi connectivity index (χ4v) is 2.24. The highest BCUT2D eigenvalue weighted by molar-refractivity contribution is 9.10. The van der Waals surface area contributed by atoms with E-state index in [1.165, 1.54) is 19.3 Å². The van der Waals surface area contributed by atoms with Crippen LogP contribution in [0.3, 0.4) is 0 Å². The van der Waals surface area contributed by atoms with Gasteiger partial charge in [0.2, 0.25) is 0 Å². The molecule has 1 aromatic carbocycles. The average molecular weight is 280 g/mol. The second-order valence-electron chi connectivity index (χ2n) is 3.96. The monoisotopic (exact) mass is 279 g/mol. The Kier molecular flexibility index (Phi) is 3.81. The second-order valence-corrected chi connectivity index (χ2v) is 4.88. The quantitative estimate of drug-likeness (QED) is 0.904. The van der Waals surface area contributed by atoms with Crippen LogP contribution in [0, 0.1) is 11.3 Å². The molecule has 0 spiro atoms. The molecule has 0 amide bonds. The zero-order valence-electron chi connectivity index (χ0n) is 9.04. The van der Waals surface area contributed by atoms with E-state index in [0.29, 0.717) is 5.56 Å². The van der Waals surface area contributed by atoms with Crippen molar-refractivity contribution in [1.29, 1.82) is 5.26 Å². The van der Waals surface area contributed by atoms with Gasteiger partial charge in [0.1, 0.15) is 6.07 Å². The van der Waals surface area contributed by atoms with Gasteiger partial charge in [0, 0.05) is 17.6 Å². The Labute approximate surface area is 104 Å². The van der Waals surface area contributed by atoms with Gasteiger partial charge in [0.15, 0.2) is 0 Å². The van der Waals surface area contributed by atoms with Crippen molar-refractivity contribution in [2.45, 2.75) is 19.3 Å². The lowest BCUT2D eigenvalue weighted by molar-refractivity contribution is 0.273. The molecule has 1 heterocycles. The number of benzene rings is 1. The second kappa shape index (κ2) is 5.33. The van der Waals surface area contributed by atoms with Gasteiger partial charge in [-0.2, -0.15) is 5.26 Å². The lowest BCUT2D eigenvalue weighted by Gasteiger charge is -2.28. The van der Waals surface area contributed by atoms with Gasteiger partial charge in [0.25, 0.3) is 0 Å². The maximum Gasteiger partial charge on any atom is 0.101 e. The number of anilines is 1. The van der Waals surface area contributed by atoms with Gasteiger partial charge in [-0.3, -0.25) is 0 Å². The van der Waals surface area contributed by atoms with Crippen molar-refractivity contribution in [3.63, 3.8) is 0 Å². The molecule has 0 aromatic heterocycles. The molecule has 1 fully saturated rings. The molecule has 0 saturated carbocycles. The number of halogens is 1. The summed E-state index contributed by atoms with van der Waals surface area (Å²) in [6.45, 7) is 2.11. The highest BCUT2D eigenvalue weighted by Crippen LogP contribution is 2.21. The third kappa shape index (κ3) is 2.75. The van der Waals surface area contributed by atoms with Crippen molar-refractivity contribution >= 4 is 21.6 Å². The summed E-state index contributed by atoms with van der Waals surface area (Å²) < 4.78 is 0.938. The maximum absolute atomic E-state index is 9.04. The normalized spacial score (nSPS) is 16.8. The fourth-order valence-electron chi connectivity index (χ4n) is 1.88. The molecular formula is C12H14BrN3. The number of nitrogens with zero attached hydrogens (tertiary/aromatic N) is 2. The van der Waals surface area contributed by atoms with Gasteiger partial charge in [0.05, 0.1) is 11.3 Å². The Morgan fingerprint density at radius 1 is 1.25 bits per heavy atom. The summed E-state index contributed by atoms with van der Waals surface area (Å²) in [4.78, 5) is 0. The highest BCUT2D eigenvalue weighted by atomic mass is 79.9. The molecule has 1 N–H and O–H groups in total. The average Bonchev–Trinajstić information content (AvgIpc) is 2.33. The van der Waals surface area contributed by atoms with E-state index >= 15 is 0 Å². The molecule has 0 unspecified atom stereocenters. The van der Waals surface area contributed by atoms with E-state index < -0.39 is 0 Å². The molecule has 1 aliphatic heterocycles. The fraction of sp³-hybridized carbons (Fsp3) is 0.417. The third-order valence-corrected chi connectivity index (χ3v) is 3.23. The first-order valence-electron chi connectivity index (χ1n) is 5.51. The largest absolute Gasteiger partial charge is 0.318 e. The molecule has 1 aliphatic rings. The number of piperidine rings is 1. The molecule has 4 heteroatoms. The van der Waals surface area contributed by atoms with Crippen LogP contribution in [0.4, 0.5) is 5.69 Å². The molecule has 0 atom stereocenters. The number of hydrogen-bond acceptors (Lipinski definition) is 3. The molecule has 84 valence electrons. The first kappa shape index (κ1) is 11.4. The lowest BCUT2D eigenvalue weighted by Crippen LogP contribution is -2.35. The topological polar surface area (TPSA) is 39.1 Å². The van der Waals surface area contributed by atoms with Crippen molar-refractivity contribution < 1.29 is 0 Å². The van der Waals surface area contributed by atoms with E-state index in [9.17, 15) is 0 Å². The van der Waals surface area contributed by atoms with Crippen LogP contribution >= 0.6 is 15.9 Å². The molecule has 1 aromatic rings. The Hall–Kier alpha value is -1.05. The van der Waals surface area contributed by atoms with Crippen LogP contribution in [0.2, 0.25) is 0 Å². The summed E-state index contributed by atoms with van der Waals surface area (Å²) >= 11 is 3.37. The first-order valence-corrected chi connectivity index (χ1v) is 6.30. The summed E-state index contributed by atoms with van der Waals surface area (Å²) in [6, 6.07) is 7.94. The standard InChI is InChI=1S/C12H14BrN3/c13-11-4-5-12(10(8-11)9-14)15-16-6-2-1-3-7-16/h4-5,8,15H,1-3,6-7H2. The van der Waals surface area contributed by atoms with Crippen molar-refractivity contribution in [2.75, 3.05) is 18.5 Å². The van der Waals surface area contributed by atoms with Crippen LogP contribution in [0.5, 0.6) is 0 Å². The number of rotatable bonds is 2. The molecule has 0 bridgehead atoms. The maximum atomic E-state index is 9.04. The van der Waals surface area contributed by atoms with Gasteiger partial charge >= 0.3 is 0 Å². The molecule has 2 rings (SSSR count). The zero-order chi connectivity index (χ0) is 11.4.